The van der Waals surface area contributed by atoms with E-state index < -0.39 is 35.4 Å². The van der Waals surface area contributed by atoms with Crippen molar-refractivity contribution in [2.24, 2.45) is 7.05 Å². The molecule has 4 rings (SSSR count). The van der Waals surface area contributed by atoms with Crippen LogP contribution in [-0.2, 0) is 25.6 Å². The van der Waals surface area contributed by atoms with Gasteiger partial charge >= 0.3 is 6.18 Å². The molecule has 0 saturated carbocycles. The molecule has 1 aliphatic rings. The summed E-state index contributed by atoms with van der Waals surface area (Å²) in [4.78, 5) is 16.1. The Balaban J connectivity index is 1.60. The number of pyridine rings is 1. The molecule has 1 N–H and O–H groups in total. The maximum atomic E-state index is 13.5. The molecule has 0 radical (unpaired) electrons. The molecule has 1 unspecified atom stereocenters. The molecule has 0 saturated heterocycles. The summed E-state index contributed by atoms with van der Waals surface area (Å²) in [6.07, 6.45) is -0.0856. The zero-order valence-electron chi connectivity index (χ0n) is 17.1. The summed E-state index contributed by atoms with van der Waals surface area (Å²) in [5.41, 5.74) is -0.0670. The minimum atomic E-state index is -4.59. The van der Waals surface area contributed by atoms with E-state index in [1.165, 1.54) is 17.8 Å². The lowest BCUT2D eigenvalue weighted by atomic mass is 9.93. The van der Waals surface area contributed by atoms with Crippen molar-refractivity contribution in [2.75, 3.05) is 0 Å². The van der Waals surface area contributed by atoms with E-state index in [0.29, 0.717) is 37.4 Å². The molecule has 12 heteroatoms. The van der Waals surface area contributed by atoms with Gasteiger partial charge in [0.2, 0.25) is 0 Å². The van der Waals surface area contributed by atoms with Gasteiger partial charge in [0.1, 0.15) is 17.1 Å². The van der Waals surface area contributed by atoms with Gasteiger partial charge in [-0.15, -0.1) is 0 Å². The fourth-order valence-electron chi connectivity index (χ4n) is 3.66. The standard InChI is InChI=1S/C20H19F5N6O/c1-19(21,22)16-9-15(30(2)29-16)18(32)27-13-4-3-5-14-12(13)10-31(28-14)11-6-7-26-17(8-11)20(23,24)25/h6-10,13H,3-5H2,1-2H3,(H,27,32). The van der Waals surface area contributed by atoms with Gasteiger partial charge in [-0.05, 0) is 37.5 Å². The first kappa shape index (κ1) is 21.9. The third-order valence-corrected chi connectivity index (χ3v) is 5.27. The lowest BCUT2D eigenvalue weighted by Crippen LogP contribution is -2.31. The van der Waals surface area contributed by atoms with Crippen molar-refractivity contribution >= 4 is 5.91 Å². The SMILES string of the molecule is Cn1nc(C(C)(F)F)cc1C(=O)NC1CCCc2nn(-c3ccnc(C(F)(F)F)c3)cc21. The number of amides is 1. The topological polar surface area (TPSA) is 77.6 Å². The highest BCUT2D eigenvalue weighted by Gasteiger charge is 2.34. The van der Waals surface area contributed by atoms with E-state index in [0.717, 1.165) is 23.0 Å². The quantitative estimate of drug-likeness (QED) is 0.606. The van der Waals surface area contributed by atoms with Crippen LogP contribution in [0.3, 0.4) is 0 Å². The molecule has 0 aliphatic heterocycles. The maximum absolute atomic E-state index is 13.5. The number of fused-ring (bicyclic) bond motifs is 1. The molecule has 1 aliphatic carbocycles. The second kappa shape index (κ2) is 7.68. The molecule has 32 heavy (non-hydrogen) atoms. The third kappa shape index (κ3) is 4.21. The van der Waals surface area contributed by atoms with E-state index in [1.807, 2.05) is 0 Å². The van der Waals surface area contributed by atoms with Crippen LogP contribution in [0.1, 0.15) is 58.9 Å². The first-order valence-corrected chi connectivity index (χ1v) is 9.79. The molecule has 0 fully saturated rings. The predicted octanol–water partition coefficient (Wildman–Crippen LogP) is 3.94. The second-order valence-electron chi connectivity index (χ2n) is 7.72. The summed E-state index contributed by atoms with van der Waals surface area (Å²) >= 11 is 0. The Hall–Kier alpha value is -3.31. The summed E-state index contributed by atoms with van der Waals surface area (Å²) in [5, 5.41) is 10.9. The molecule has 0 aromatic carbocycles. The van der Waals surface area contributed by atoms with Gasteiger partial charge in [-0.25, -0.2) is 4.68 Å². The van der Waals surface area contributed by atoms with Gasteiger partial charge in [0.05, 0.1) is 17.4 Å². The van der Waals surface area contributed by atoms with Gasteiger partial charge < -0.3 is 5.32 Å². The number of hydrogen-bond acceptors (Lipinski definition) is 4. The number of carbonyl (C=O) groups is 1. The number of aryl methyl sites for hydroxylation is 2. The van der Waals surface area contributed by atoms with E-state index in [9.17, 15) is 26.7 Å². The number of halogens is 5. The minimum absolute atomic E-state index is 0.0232. The van der Waals surface area contributed by atoms with Crippen LogP contribution >= 0.6 is 0 Å². The van der Waals surface area contributed by atoms with Crippen molar-refractivity contribution in [1.29, 1.82) is 0 Å². The molecule has 1 atom stereocenters. The highest BCUT2D eigenvalue weighted by molar-refractivity contribution is 5.93. The highest BCUT2D eigenvalue weighted by Crippen LogP contribution is 2.32. The van der Waals surface area contributed by atoms with Gasteiger partial charge in [-0.1, -0.05) is 0 Å². The molecule has 3 heterocycles. The van der Waals surface area contributed by atoms with Crippen LogP contribution in [0, 0.1) is 0 Å². The molecule has 170 valence electrons. The summed E-state index contributed by atoms with van der Waals surface area (Å²) in [5.74, 6) is -3.76. The Morgan fingerprint density at radius 1 is 1.16 bits per heavy atom. The number of rotatable bonds is 4. The molecule has 3 aromatic rings. The lowest BCUT2D eigenvalue weighted by Gasteiger charge is -2.22. The first-order chi connectivity index (χ1) is 14.9. The van der Waals surface area contributed by atoms with Crippen LogP contribution in [0.4, 0.5) is 22.0 Å². The zero-order valence-corrected chi connectivity index (χ0v) is 17.1. The Labute approximate surface area is 179 Å². The average Bonchev–Trinajstić information content (AvgIpc) is 3.32. The van der Waals surface area contributed by atoms with Gasteiger partial charge in [-0.3, -0.25) is 14.5 Å². The van der Waals surface area contributed by atoms with Gasteiger partial charge in [0.25, 0.3) is 11.8 Å². The average molecular weight is 454 g/mol. The summed E-state index contributed by atoms with van der Waals surface area (Å²) in [7, 11) is 1.40. The molecule has 3 aromatic heterocycles. The van der Waals surface area contributed by atoms with Crippen molar-refractivity contribution in [2.45, 2.75) is 44.3 Å². The van der Waals surface area contributed by atoms with Crippen LogP contribution in [0.15, 0.2) is 30.6 Å². The molecule has 0 spiro atoms. The Kier molecular flexibility index (Phi) is 5.25. The van der Waals surface area contributed by atoms with E-state index in [2.05, 4.69) is 20.5 Å². The lowest BCUT2D eigenvalue weighted by molar-refractivity contribution is -0.141. The Bertz CT molecular complexity index is 1160. The normalized spacial score (nSPS) is 16.7. The maximum Gasteiger partial charge on any atom is 0.433 e. The van der Waals surface area contributed by atoms with Crippen molar-refractivity contribution < 1.29 is 26.7 Å². The zero-order chi connectivity index (χ0) is 23.3. The van der Waals surface area contributed by atoms with E-state index in [-0.39, 0.29) is 11.4 Å². The molecule has 0 bridgehead atoms. The van der Waals surface area contributed by atoms with Crippen LogP contribution in [0.5, 0.6) is 0 Å². The van der Waals surface area contributed by atoms with Crippen LogP contribution in [0.2, 0.25) is 0 Å². The summed E-state index contributed by atoms with van der Waals surface area (Å²) in [6.45, 7) is 0.697. The number of nitrogens with zero attached hydrogens (tertiary/aromatic N) is 5. The van der Waals surface area contributed by atoms with Crippen molar-refractivity contribution in [3.8, 4) is 5.69 Å². The monoisotopic (exact) mass is 454 g/mol. The largest absolute Gasteiger partial charge is 0.433 e. The third-order valence-electron chi connectivity index (χ3n) is 5.27. The predicted molar refractivity (Wildman–Crippen MR) is 102 cm³/mol. The highest BCUT2D eigenvalue weighted by atomic mass is 19.4. The van der Waals surface area contributed by atoms with Crippen molar-refractivity contribution in [3.05, 3.63) is 58.9 Å². The molecular weight excluding hydrogens is 435 g/mol. The summed E-state index contributed by atoms with van der Waals surface area (Å²) in [6, 6.07) is 2.87. The van der Waals surface area contributed by atoms with E-state index in [4.69, 9.17) is 0 Å². The van der Waals surface area contributed by atoms with Crippen molar-refractivity contribution in [3.63, 3.8) is 0 Å². The van der Waals surface area contributed by atoms with Crippen molar-refractivity contribution in [1.82, 2.24) is 29.9 Å². The molecule has 7 nitrogen and oxygen atoms in total. The molecule has 1 amide bonds. The van der Waals surface area contributed by atoms with Crippen LogP contribution < -0.4 is 5.32 Å². The Morgan fingerprint density at radius 2 is 1.91 bits per heavy atom. The van der Waals surface area contributed by atoms with Crippen LogP contribution in [-0.4, -0.2) is 30.5 Å². The van der Waals surface area contributed by atoms with Gasteiger partial charge in [0.15, 0.2) is 0 Å². The number of hydrogen-bond donors (Lipinski definition) is 1. The van der Waals surface area contributed by atoms with Crippen LogP contribution in [0.25, 0.3) is 5.69 Å². The summed E-state index contributed by atoms with van der Waals surface area (Å²) < 4.78 is 68.5. The number of nitrogens with one attached hydrogen (secondary N) is 1. The number of aromatic nitrogens is 5. The van der Waals surface area contributed by atoms with Gasteiger partial charge in [-0.2, -0.15) is 32.1 Å². The van der Waals surface area contributed by atoms with E-state index in [1.54, 1.807) is 6.20 Å². The minimum Gasteiger partial charge on any atom is -0.344 e. The van der Waals surface area contributed by atoms with E-state index >= 15 is 0 Å². The Morgan fingerprint density at radius 3 is 2.56 bits per heavy atom. The fourth-order valence-corrected chi connectivity index (χ4v) is 3.66. The number of carbonyl (C=O) groups excluding carboxylic acids is 1. The smallest absolute Gasteiger partial charge is 0.344 e. The molecular formula is C20H19F5N6O. The fraction of sp³-hybridized carbons (Fsp3) is 0.400. The first-order valence-electron chi connectivity index (χ1n) is 9.79. The second-order valence-corrected chi connectivity index (χ2v) is 7.72. The van der Waals surface area contributed by atoms with Gasteiger partial charge in [0, 0.05) is 31.9 Å². The number of alkyl halides is 5.